The maximum absolute atomic E-state index is 12.8. The van der Waals surface area contributed by atoms with Crippen LogP contribution in [-0.4, -0.2) is 38.1 Å². The number of benzene rings is 1. The number of amides is 1. The molecule has 2 aromatic heterocycles. The van der Waals surface area contributed by atoms with E-state index in [1.807, 2.05) is 35.9 Å². The molecule has 6 heteroatoms. The fourth-order valence-electron chi connectivity index (χ4n) is 3.15. The summed E-state index contributed by atoms with van der Waals surface area (Å²) in [7, 11) is 1.93. The highest BCUT2D eigenvalue weighted by molar-refractivity contribution is 5.96. The summed E-state index contributed by atoms with van der Waals surface area (Å²) in [5.41, 5.74) is 2.63. The number of hydrogen-bond acceptors (Lipinski definition) is 4. The lowest BCUT2D eigenvalue weighted by Gasteiger charge is -2.33. The highest BCUT2D eigenvalue weighted by Crippen LogP contribution is 2.26. The summed E-state index contributed by atoms with van der Waals surface area (Å²) >= 11 is 0. The Morgan fingerprint density at radius 3 is 3.04 bits per heavy atom. The van der Waals surface area contributed by atoms with Crippen molar-refractivity contribution in [3.05, 3.63) is 53.8 Å². The van der Waals surface area contributed by atoms with Gasteiger partial charge in [0.05, 0.1) is 31.2 Å². The van der Waals surface area contributed by atoms with Crippen LogP contribution in [0.5, 0.6) is 0 Å². The van der Waals surface area contributed by atoms with Gasteiger partial charge in [-0.2, -0.15) is 0 Å². The fourth-order valence-corrected chi connectivity index (χ4v) is 3.15. The molecule has 0 spiro atoms. The van der Waals surface area contributed by atoms with E-state index < -0.39 is 0 Å². The minimum Gasteiger partial charge on any atom is -0.451 e. The van der Waals surface area contributed by atoms with Gasteiger partial charge >= 0.3 is 0 Å². The second-order valence-electron chi connectivity index (χ2n) is 5.87. The van der Waals surface area contributed by atoms with Crippen LogP contribution in [0.15, 0.2) is 41.1 Å². The average molecular weight is 311 g/mol. The molecule has 1 aliphatic heterocycles. The van der Waals surface area contributed by atoms with Crippen molar-refractivity contribution < 1.29 is 14.3 Å². The Kier molecular flexibility index (Phi) is 3.20. The maximum atomic E-state index is 12.8. The largest absolute Gasteiger partial charge is 0.451 e. The molecule has 1 N–H and O–H groups in total. The van der Waals surface area contributed by atoms with Gasteiger partial charge in [0.2, 0.25) is 0 Å². The Labute approximate surface area is 133 Å². The van der Waals surface area contributed by atoms with Crippen molar-refractivity contribution in [2.45, 2.75) is 19.0 Å². The van der Waals surface area contributed by atoms with Crippen LogP contribution >= 0.6 is 0 Å². The molecule has 0 fully saturated rings. The third-order valence-corrected chi connectivity index (χ3v) is 4.44. The van der Waals surface area contributed by atoms with Gasteiger partial charge in [-0.15, -0.1) is 0 Å². The molecule has 4 rings (SSSR count). The Hall–Kier alpha value is -2.60. The zero-order valence-electron chi connectivity index (χ0n) is 12.8. The van der Waals surface area contributed by atoms with Gasteiger partial charge < -0.3 is 19.0 Å². The molecule has 0 saturated carbocycles. The predicted octanol–water partition coefficient (Wildman–Crippen LogP) is 1.73. The number of aromatic nitrogens is 2. The number of rotatable bonds is 2. The number of aryl methyl sites for hydroxylation is 1. The maximum Gasteiger partial charge on any atom is 0.290 e. The minimum atomic E-state index is -0.265. The average Bonchev–Trinajstić information content (AvgIpc) is 3.16. The summed E-state index contributed by atoms with van der Waals surface area (Å²) in [6.07, 6.45) is 2.34. The fraction of sp³-hybridized carbons (Fsp3) is 0.294. The summed E-state index contributed by atoms with van der Waals surface area (Å²) in [6.45, 7) is 0.299. The monoisotopic (exact) mass is 311 g/mol. The first-order chi connectivity index (χ1) is 11.2. The summed E-state index contributed by atoms with van der Waals surface area (Å²) in [5, 5.41) is 10.6. The van der Waals surface area contributed by atoms with Crippen molar-refractivity contribution in [1.82, 2.24) is 14.5 Å². The van der Waals surface area contributed by atoms with Gasteiger partial charge in [0.25, 0.3) is 5.91 Å². The highest BCUT2D eigenvalue weighted by atomic mass is 16.3. The van der Waals surface area contributed by atoms with E-state index in [0.717, 1.165) is 16.8 Å². The molecular weight excluding hydrogens is 294 g/mol. The number of nitrogens with zero attached hydrogens (tertiary/aromatic N) is 3. The molecule has 0 aliphatic carbocycles. The smallest absolute Gasteiger partial charge is 0.290 e. The van der Waals surface area contributed by atoms with Crippen molar-refractivity contribution in [3.63, 3.8) is 0 Å². The molecular formula is C17H17N3O3. The Morgan fingerprint density at radius 2 is 2.26 bits per heavy atom. The molecule has 1 aromatic carbocycles. The van der Waals surface area contributed by atoms with Crippen LogP contribution in [0.4, 0.5) is 0 Å². The molecule has 6 nitrogen and oxygen atoms in total. The normalized spacial score (nSPS) is 17.5. The van der Waals surface area contributed by atoms with E-state index in [1.54, 1.807) is 17.3 Å². The minimum absolute atomic E-state index is 0.0867. The van der Waals surface area contributed by atoms with Gasteiger partial charge in [0.15, 0.2) is 5.76 Å². The van der Waals surface area contributed by atoms with E-state index in [9.17, 15) is 9.90 Å². The molecule has 3 aromatic rings. The molecule has 0 saturated heterocycles. The molecule has 1 atom stereocenters. The molecule has 1 amide bonds. The Bertz CT molecular complexity index is 847. The van der Waals surface area contributed by atoms with Crippen molar-refractivity contribution in [1.29, 1.82) is 0 Å². The number of aliphatic hydroxyl groups is 1. The van der Waals surface area contributed by atoms with Crippen molar-refractivity contribution in [2.24, 2.45) is 7.05 Å². The lowest BCUT2D eigenvalue weighted by Crippen LogP contribution is -2.46. The SMILES string of the molecule is Cn1cnc2c1C[C@H](CO)N(C(=O)c1cc3ccccc3o1)C2. The van der Waals surface area contributed by atoms with Gasteiger partial charge in [-0.1, -0.05) is 18.2 Å². The first-order valence-corrected chi connectivity index (χ1v) is 7.57. The van der Waals surface area contributed by atoms with E-state index in [-0.39, 0.29) is 18.6 Å². The summed E-state index contributed by atoms with van der Waals surface area (Å²) in [6, 6.07) is 9.01. The Morgan fingerprint density at radius 1 is 1.43 bits per heavy atom. The van der Waals surface area contributed by atoms with Crippen molar-refractivity contribution in [2.75, 3.05) is 6.61 Å². The quantitative estimate of drug-likeness (QED) is 0.782. The molecule has 3 heterocycles. The van der Waals surface area contributed by atoms with Gasteiger partial charge in [-0.25, -0.2) is 4.98 Å². The van der Waals surface area contributed by atoms with Crippen LogP contribution in [0.3, 0.4) is 0 Å². The van der Waals surface area contributed by atoms with E-state index in [0.29, 0.717) is 24.3 Å². The topological polar surface area (TPSA) is 71.5 Å². The zero-order valence-corrected chi connectivity index (χ0v) is 12.8. The van der Waals surface area contributed by atoms with Gasteiger partial charge in [0.1, 0.15) is 5.58 Å². The van der Waals surface area contributed by atoms with Crippen LogP contribution in [-0.2, 0) is 20.0 Å². The molecule has 118 valence electrons. The van der Waals surface area contributed by atoms with Crippen LogP contribution < -0.4 is 0 Å². The standard InChI is InChI=1S/C17H17N3O3/c1-19-10-18-13-8-20(12(9-21)7-14(13)19)17(22)16-6-11-4-2-3-5-15(11)23-16/h2-6,10,12,21H,7-9H2,1H3/t12-/m1/s1. The number of carbonyl (C=O) groups excluding carboxylic acids is 1. The second-order valence-corrected chi connectivity index (χ2v) is 5.87. The third-order valence-electron chi connectivity index (χ3n) is 4.44. The van der Waals surface area contributed by atoms with Crippen molar-refractivity contribution >= 4 is 16.9 Å². The number of aliphatic hydroxyl groups excluding tert-OH is 1. The second kappa shape index (κ2) is 5.24. The number of hydrogen-bond donors (Lipinski definition) is 1. The number of furan rings is 1. The molecule has 0 radical (unpaired) electrons. The van der Waals surface area contributed by atoms with Crippen LogP contribution in [0.1, 0.15) is 21.9 Å². The number of imidazole rings is 1. The van der Waals surface area contributed by atoms with Crippen molar-refractivity contribution in [3.8, 4) is 0 Å². The lowest BCUT2D eigenvalue weighted by molar-refractivity contribution is 0.0507. The van der Waals surface area contributed by atoms with E-state index in [1.165, 1.54) is 0 Å². The lowest BCUT2D eigenvalue weighted by atomic mass is 10.0. The van der Waals surface area contributed by atoms with Gasteiger partial charge in [0, 0.05) is 24.5 Å². The van der Waals surface area contributed by atoms with E-state index >= 15 is 0 Å². The summed E-state index contributed by atoms with van der Waals surface area (Å²) in [4.78, 5) is 18.8. The van der Waals surface area contributed by atoms with Crippen LogP contribution in [0.2, 0.25) is 0 Å². The summed E-state index contributed by atoms with van der Waals surface area (Å²) in [5.74, 6) is 0.0839. The molecule has 23 heavy (non-hydrogen) atoms. The van der Waals surface area contributed by atoms with Crippen LogP contribution in [0, 0.1) is 0 Å². The first-order valence-electron chi connectivity index (χ1n) is 7.57. The summed E-state index contributed by atoms with van der Waals surface area (Å²) < 4.78 is 7.62. The highest BCUT2D eigenvalue weighted by Gasteiger charge is 2.33. The molecule has 0 unspecified atom stereocenters. The van der Waals surface area contributed by atoms with Crippen LogP contribution in [0.25, 0.3) is 11.0 Å². The van der Waals surface area contributed by atoms with E-state index in [2.05, 4.69) is 4.98 Å². The van der Waals surface area contributed by atoms with Gasteiger partial charge in [-0.3, -0.25) is 4.79 Å². The first kappa shape index (κ1) is 14.0. The number of carbonyl (C=O) groups is 1. The molecule has 0 bridgehead atoms. The number of fused-ring (bicyclic) bond motifs is 2. The van der Waals surface area contributed by atoms with Gasteiger partial charge in [-0.05, 0) is 12.1 Å². The Balaban J connectivity index is 1.69. The van der Waals surface area contributed by atoms with E-state index in [4.69, 9.17) is 4.42 Å². The predicted molar refractivity (Wildman–Crippen MR) is 83.9 cm³/mol. The third kappa shape index (κ3) is 2.22. The number of para-hydroxylation sites is 1. The zero-order chi connectivity index (χ0) is 16.0. The molecule has 1 aliphatic rings.